The van der Waals surface area contributed by atoms with Crippen molar-refractivity contribution in [1.82, 2.24) is 9.80 Å². The van der Waals surface area contributed by atoms with Gasteiger partial charge in [0.15, 0.2) is 0 Å². The van der Waals surface area contributed by atoms with E-state index in [1.807, 2.05) is 35.7 Å². The van der Waals surface area contributed by atoms with Crippen LogP contribution in [0.4, 0.5) is 0 Å². The summed E-state index contributed by atoms with van der Waals surface area (Å²) in [4.78, 5) is 66.9. The van der Waals surface area contributed by atoms with E-state index in [9.17, 15) is 0 Å². The summed E-state index contributed by atoms with van der Waals surface area (Å²) in [5.41, 5.74) is 2.55. The number of imide groups is 2. The average Bonchev–Trinajstić information content (AvgIpc) is 3.40. The summed E-state index contributed by atoms with van der Waals surface area (Å²) in [7, 11) is 0. The lowest BCUT2D eigenvalue weighted by molar-refractivity contribution is 0.0501. The number of hydrogen-bond donors (Lipinski definition) is 0. The first-order valence-corrected chi connectivity index (χ1v) is 32.5. The first-order valence-electron chi connectivity index (χ1n) is 30.6. The first kappa shape index (κ1) is 58.1. The fourth-order valence-corrected chi connectivity index (χ4v) is 14.7. The summed E-state index contributed by atoms with van der Waals surface area (Å²) >= 11 is 3.70. The second-order valence-electron chi connectivity index (χ2n) is 22.3. The van der Waals surface area contributed by atoms with Crippen LogP contribution in [0, 0.1) is 0 Å². The number of thioether (sulfide) groups is 2. The SMILES string of the molecule is CCCCCCCCSc1cc2c3c(cc(SCCCCCCCC)c4c5ccc6c7c(ccc(c1c34)c75)C(=O)N(C(CCCCCC)CCCCCC)C6=O)C(=O)N(C(CCCCCC)CCCCCC)C2=O. The topological polar surface area (TPSA) is 74.8 Å². The largest absolute Gasteiger partial charge is 0.271 e. The lowest BCUT2D eigenvalue weighted by atomic mass is 9.81. The molecule has 0 saturated carbocycles. The predicted octanol–water partition coefficient (Wildman–Crippen LogP) is 20.5. The average molecular weight is 1040 g/mol. The zero-order valence-corrected chi connectivity index (χ0v) is 48.6. The van der Waals surface area contributed by atoms with Gasteiger partial charge < -0.3 is 0 Å². The number of benzene rings is 5. The molecule has 0 N–H and O–H groups in total. The van der Waals surface area contributed by atoms with E-state index in [-0.39, 0.29) is 35.7 Å². The molecule has 404 valence electrons. The zero-order valence-electron chi connectivity index (χ0n) is 47.0. The van der Waals surface area contributed by atoms with Gasteiger partial charge in [-0.05, 0) is 90.5 Å². The number of amides is 4. The molecule has 8 heteroatoms. The standard InChI is InChI=1S/C66H94N2O4S2/c1-7-13-19-25-27-33-43-73-55-45-53-59-54(66(72)68(65(53)71)48(37-31-23-17-11-5)38-32-24-18-12-6)46-56(74-44-34-28-26-20-14-8-2)61-50-40-42-52-58-51(41-39-49(57(50)58)60(55)62(59)61)63(69)67(64(52)70)47(35-29-21-15-9-3)36-30-22-16-10-4/h39-42,45-48H,7-38,43-44H2,1-6H3. The molecule has 0 radical (unpaired) electrons. The van der Waals surface area contributed by atoms with Crippen molar-refractivity contribution < 1.29 is 19.2 Å². The molecule has 0 bridgehead atoms. The van der Waals surface area contributed by atoms with Gasteiger partial charge in [-0.15, -0.1) is 23.5 Å². The Bertz CT molecular complexity index is 2470. The predicted molar refractivity (Wildman–Crippen MR) is 319 cm³/mol. The quantitative estimate of drug-likeness (QED) is 0.0129. The molecule has 4 amide bonds. The maximum atomic E-state index is 15.5. The Hall–Kier alpha value is -3.62. The second kappa shape index (κ2) is 29.8. The van der Waals surface area contributed by atoms with Crippen LogP contribution < -0.4 is 0 Å². The van der Waals surface area contributed by atoms with Gasteiger partial charge in [-0.25, -0.2) is 0 Å². The molecule has 2 heterocycles. The third-order valence-corrected chi connectivity index (χ3v) is 18.9. The van der Waals surface area contributed by atoms with Crippen LogP contribution in [-0.4, -0.2) is 57.0 Å². The fourth-order valence-electron chi connectivity index (χ4n) is 12.5. The minimum Gasteiger partial charge on any atom is -0.271 e. The van der Waals surface area contributed by atoms with Crippen molar-refractivity contribution in [2.45, 2.75) is 269 Å². The molecule has 2 aliphatic heterocycles. The Morgan fingerprint density at radius 3 is 0.973 bits per heavy atom. The van der Waals surface area contributed by atoms with Crippen molar-refractivity contribution in [1.29, 1.82) is 0 Å². The highest BCUT2D eigenvalue weighted by atomic mass is 32.2. The Labute approximate surface area is 455 Å². The Kier molecular flexibility index (Phi) is 23.4. The van der Waals surface area contributed by atoms with Gasteiger partial charge in [-0.1, -0.05) is 221 Å². The summed E-state index contributed by atoms with van der Waals surface area (Å²) < 4.78 is 0. The Morgan fingerprint density at radius 2 is 0.622 bits per heavy atom. The number of nitrogens with zero attached hydrogens (tertiary/aromatic N) is 2. The molecular weight excluding hydrogens is 949 g/mol. The molecule has 5 aromatic rings. The van der Waals surface area contributed by atoms with Crippen molar-refractivity contribution in [3.05, 3.63) is 58.7 Å². The van der Waals surface area contributed by atoms with E-state index in [0.29, 0.717) is 22.3 Å². The van der Waals surface area contributed by atoms with Gasteiger partial charge in [0, 0.05) is 71.1 Å². The minimum atomic E-state index is -0.163. The molecule has 74 heavy (non-hydrogen) atoms. The molecule has 0 saturated heterocycles. The van der Waals surface area contributed by atoms with Crippen LogP contribution in [0.15, 0.2) is 46.2 Å². The highest BCUT2D eigenvalue weighted by Crippen LogP contribution is 2.52. The van der Waals surface area contributed by atoms with E-state index in [1.54, 1.807) is 9.80 Å². The van der Waals surface area contributed by atoms with Gasteiger partial charge in [-0.2, -0.15) is 0 Å². The lowest BCUT2D eigenvalue weighted by Crippen LogP contribution is -2.47. The van der Waals surface area contributed by atoms with Crippen LogP contribution in [0.2, 0.25) is 0 Å². The summed E-state index contributed by atoms with van der Waals surface area (Å²) in [6, 6.07) is 12.4. The van der Waals surface area contributed by atoms with Gasteiger partial charge in [0.2, 0.25) is 0 Å². The Morgan fingerprint density at radius 1 is 0.324 bits per heavy atom. The first-order chi connectivity index (χ1) is 36.3. The van der Waals surface area contributed by atoms with Gasteiger partial charge in [0.25, 0.3) is 23.6 Å². The molecule has 0 unspecified atom stereocenters. The van der Waals surface area contributed by atoms with Gasteiger partial charge in [0.1, 0.15) is 0 Å². The highest BCUT2D eigenvalue weighted by Gasteiger charge is 2.42. The van der Waals surface area contributed by atoms with Crippen LogP contribution in [0.1, 0.15) is 288 Å². The second-order valence-corrected chi connectivity index (χ2v) is 24.6. The van der Waals surface area contributed by atoms with Gasteiger partial charge >= 0.3 is 0 Å². The number of hydrogen-bond acceptors (Lipinski definition) is 6. The molecule has 0 fully saturated rings. The third kappa shape index (κ3) is 13.4. The van der Waals surface area contributed by atoms with Crippen LogP contribution in [-0.2, 0) is 0 Å². The Balaban J connectivity index is 1.43. The number of unbranched alkanes of at least 4 members (excludes halogenated alkanes) is 22. The monoisotopic (exact) mass is 1040 g/mol. The van der Waals surface area contributed by atoms with E-state index in [4.69, 9.17) is 0 Å². The molecular formula is C66H94N2O4S2. The molecule has 0 atom stereocenters. The zero-order chi connectivity index (χ0) is 52.4. The van der Waals surface area contributed by atoms with Crippen molar-refractivity contribution in [3.8, 4) is 0 Å². The fraction of sp³-hybridized carbons (Fsp3) is 0.636. The maximum absolute atomic E-state index is 15.5. The van der Waals surface area contributed by atoms with Gasteiger partial charge in [0.05, 0.1) is 0 Å². The van der Waals surface area contributed by atoms with Crippen LogP contribution in [0.5, 0.6) is 0 Å². The molecule has 0 aliphatic carbocycles. The van der Waals surface area contributed by atoms with E-state index < -0.39 is 0 Å². The molecule has 5 aromatic carbocycles. The third-order valence-electron chi connectivity index (χ3n) is 16.6. The summed E-state index contributed by atoms with van der Waals surface area (Å²) in [5.74, 6) is 1.23. The van der Waals surface area contributed by atoms with Crippen LogP contribution in [0.25, 0.3) is 43.1 Å². The summed E-state index contributed by atoms with van der Waals surface area (Å²) in [5, 5.41) is 7.66. The minimum absolute atomic E-state index is 0.132. The molecule has 0 spiro atoms. The van der Waals surface area contributed by atoms with E-state index in [2.05, 4.69) is 65.8 Å². The molecule has 7 rings (SSSR count). The van der Waals surface area contributed by atoms with Crippen molar-refractivity contribution in [2.24, 2.45) is 0 Å². The number of fused-ring (bicyclic) bond motifs is 2. The lowest BCUT2D eigenvalue weighted by Gasteiger charge is -2.36. The normalized spacial score (nSPS) is 13.9. The number of carbonyl (C=O) groups is 4. The van der Waals surface area contributed by atoms with Crippen molar-refractivity contribution in [2.75, 3.05) is 11.5 Å². The van der Waals surface area contributed by atoms with Crippen molar-refractivity contribution in [3.63, 3.8) is 0 Å². The molecule has 6 nitrogen and oxygen atoms in total. The van der Waals surface area contributed by atoms with Gasteiger partial charge in [-0.3, -0.25) is 29.0 Å². The highest BCUT2D eigenvalue weighted by molar-refractivity contribution is 7.99. The van der Waals surface area contributed by atoms with Crippen LogP contribution >= 0.6 is 23.5 Å². The summed E-state index contributed by atoms with van der Waals surface area (Å²) in [6.45, 7) is 13.5. The van der Waals surface area contributed by atoms with E-state index in [1.165, 1.54) is 64.2 Å². The molecule has 0 aromatic heterocycles. The number of rotatable bonds is 38. The molecule has 2 aliphatic rings. The maximum Gasteiger partial charge on any atom is 0.261 e. The van der Waals surface area contributed by atoms with Crippen LogP contribution in [0.3, 0.4) is 0 Å². The van der Waals surface area contributed by atoms with E-state index >= 15 is 19.2 Å². The van der Waals surface area contributed by atoms with E-state index in [0.717, 1.165) is 206 Å². The summed E-state index contributed by atoms with van der Waals surface area (Å²) in [6.07, 6.45) is 35.4. The number of carbonyl (C=O) groups excluding carboxylic acids is 4. The smallest absolute Gasteiger partial charge is 0.261 e. The van der Waals surface area contributed by atoms with Crippen molar-refractivity contribution >= 4 is 90.2 Å².